The van der Waals surface area contributed by atoms with Gasteiger partial charge in [0.25, 0.3) is 17.3 Å². The average molecular weight is 767 g/mol. The number of para-hydroxylation sites is 1. The molecule has 0 fully saturated rings. The number of nitro groups is 2. The van der Waals surface area contributed by atoms with Crippen LogP contribution in [0.15, 0.2) is 132 Å². The first-order chi connectivity index (χ1) is 27.7. The molecular formula is C39H30N10O8. The van der Waals surface area contributed by atoms with Gasteiger partial charge in [0.05, 0.1) is 36.2 Å². The number of hydrogen-bond acceptors (Lipinski definition) is 15. The van der Waals surface area contributed by atoms with Crippen LogP contribution in [0.1, 0.15) is 11.1 Å². The molecule has 3 N–H and O–H groups in total. The third-order valence-corrected chi connectivity index (χ3v) is 8.20. The van der Waals surface area contributed by atoms with Crippen LogP contribution in [0.2, 0.25) is 0 Å². The number of aromatic nitrogens is 3. The molecule has 57 heavy (non-hydrogen) atoms. The highest BCUT2D eigenvalue weighted by atomic mass is 16.6. The third kappa shape index (κ3) is 8.54. The Balaban J connectivity index is 1.25. The summed E-state index contributed by atoms with van der Waals surface area (Å²) in [7, 11) is 2.74. The van der Waals surface area contributed by atoms with Crippen molar-refractivity contribution in [2.45, 2.75) is 0 Å². The van der Waals surface area contributed by atoms with Crippen molar-refractivity contribution in [3.63, 3.8) is 0 Å². The van der Waals surface area contributed by atoms with Crippen molar-refractivity contribution in [2.24, 2.45) is 4.99 Å². The molecular weight excluding hydrogens is 736 g/mol. The fraction of sp³-hybridized carbons (Fsp3) is 0.0513. The molecule has 1 aromatic heterocycles. The number of amidine groups is 1. The molecule has 284 valence electrons. The summed E-state index contributed by atoms with van der Waals surface area (Å²) >= 11 is 0. The number of nitro benzene ring substituents is 2. The van der Waals surface area contributed by atoms with Gasteiger partial charge in [0, 0.05) is 5.56 Å². The number of nitrogens with one attached hydrogen (secondary N) is 3. The van der Waals surface area contributed by atoms with E-state index >= 15 is 0 Å². The summed E-state index contributed by atoms with van der Waals surface area (Å²) in [5.41, 5.74) is 3.49. The fourth-order valence-electron chi connectivity index (χ4n) is 5.48. The van der Waals surface area contributed by atoms with Gasteiger partial charge in [0.15, 0.2) is 5.84 Å². The van der Waals surface area contributed by atoms with Crippen LogP contribution in [-0.4, -0.2) is 55.8 Å². The van der Waals surface area contributed by atoms with E-state index in [-0.39, 0.29) is 63.6 Å². The molecule has 0 aliphatic carbocycles. The SMILES string of the molecule is COc1ccc(Nc2nc(Nc3ccc(OC)cc3[N+](=O)[O-])nc(NN3C(=O)/C(=C\c4ccc(Oc5ccccc5)cc4)N=C3c3ccccc3)n2)c([N+](=O)[O-])c1. The highest BCUT2D eigenvalue weighted by Gasteiger charge is 2.33. The predicted octanol–water partition coefficient (Wildman–Crippen LogP) is 7.64. The number of carbonyl (C=O) groups excluding carboxylic acids is 1. The summed E-state index contributed by atoms with van der Waals surface area (Å²) < 4.78 is 16.2. The molecule has 0 unspecified atom stereocenters. The minimum absolute atomic E-state index is 0.00600. The molecule has 1 amide bonds. The first-order valence-electron chi connectivity index (χ1n) is 16.9. The zero-order valence-corrected chi connectivity index (χ0v) is 30.0. The van der Waals surface area contributed by atoms with Gasteiger partial charge < -0.3 is 24.8 Å². The van der Waals surface area contributed by atoms with Crippen molar-refractivity contribution in [3.05, 3.63) is 158 Å². The molecule has 1 aliphatic heterocycles. The number of benzene rings is 5. The Morgan fingerprint density at radius 2 is 1.12 bits per heavy atom. The molecule has 0 spiro atoms. The maximum Gasteiger partial charge on any atom is 0.297 e. The van der Waals surface area contributed by atoms with Crippen LogP contribution in [0.5, 0.6) is 23.0 Å². The van der Waals surface area contributed by atoms with Crippen molar-refractivity contribution < 1.29 is 28.9 Å². The number of anilines is 5. The van der Waals surface area contributed by atoms with E-state index in [9.17, 15) is 25.0 Å². The molecule has 0 saturated carbocycles. The van der Waals surface area contributed by atoms with Crippen molar-refractivity contribution in [3.8, 4) is 23.0 Å². The quantitative estimate of drug-likeness (QED) is 0.0551. The van der Waals surface area contributed by atoms with Crippen molar-refractivity contribution in [1.82, 2.24) is 20.0 Å². The second kappa shape index (κ2) is 16.3. The summed E-state index contributed by atoms with van der Waals surface area (Å²) in [6.45, 7) is 0. The van der Waals surface area contributed by atoms with Crippen molar-refractivity contribution in [1.29, 1.82) is 0 Å². The number of hydrazine groups is 1. The number of amides is 1. The van der Waals surface area contributed by atoms with E-state index in [0.717, 1.165) is 5.01 Å². The lowest BCUT2D eigenvalue weighted by atomic mass is 10.2. The number of methoxy groups -OCH3 is 2. The molecule has 2 heterocycles. The van der Waals surface area contributed by atoms with Crippen LogP contribution in [0.25, 0.3) is 6.08 Å². The topological polar surface area (TPSA) is 221 Å². The first kappa shape index (κ1) is 36.9. The zero-order chi connectivity index (χ0) is 39.9. The minimum Gasteiger partial charge on any atom is -0.496 e. The van der Waals surface area contributed by atoms with Gasteiger partial charge in [0.2, 0.25) is 17.8 Å². The molecule has 0 atom stereocenters. The van der Waals surface area contributed by atoms with E-state index in [2.05, 4.69) is 36.0 Å². The predicted molar refractivity (Wildman–Crippen MR) is 210 cm³/mol. The molecule has 0 bridgehead atoms. The standard InChI is InChI=1S/C39H30N10O8/c1-55-28-17-19-30(33(22-28)48(51)52)41-37-43-38(42-31-20-18-29(56-2)23-34(31)49(53)54)45-39(44-37)46-47-35(25-9-5-3-6-10-25)40-32(36(47)50)21-24-13-15-27(16-14-24)57-26-11-7-4-8-12-26/h3-23H,1-2H3,(H3,41,42,43,44,45,46)/b32-21+. The van der Waals surface area contributed by atoms with Crippen LogP contribution in [0.3, 0.4) is 0 Å². The molecule has 18 heteroatoms. The van der Waals surface area contributed by atoms with Gasteiger partial charge in [-0.05, 0) is 60.2 Å². The average Bonchev–Trinajstić information content (AvgIpc) is 3.52. The van der Waals surface area contributed by atoms with Gasteiger partial charge >= 0.3 is 0 Å². The summed E-state index contributed by atoms with van der Waals surface area (Å²) in [6, 6.07) is 33.5. The van der Waals surface area contributed by atoms with E-state index < -0.39 is 15.8 Å². The second-order valence-corrected chi connectivity index (χ2v) is 11.9. The number of carbonyl (C=O) groups is 1. The van der Waals surface area contributed by atoms with Crippen molar-refractivity contribution >= 4 is 58.4 Å². The number of rotatable bonds is 14. The lowest BCUT2D eigenvalue weighted by Crippen LogP contribution is -2.38. The number of nitrogens with zero attached hydrogens (tertiary/aromatic N) is 7. The van der Waals surface area contributed by atoms with Gasteiger partial charge in [-0.2, -0.15) is 20.0 Å². The smallest absolute Gasteiger partial charge is 0.297 e. The van der Waals surface area contributed by atoms with E-state index in [1.807, 2.05) is 36.4 Å². The molecule has 0 radical (unpaired) electrons. The van der Waals surface area contributed by atoms with Gasteiger partial charge in [-0.1, -0.05) is 60.7 Å². The summed E-state index contributed by atoms with van der Waals surface area (Å²) in [6.07, 6.45) is 1.61. The molecule has 1 aliphatic rings. The normalized spacial score (nSPS) is 12.8. The van der Waals surface area contributed by atoms with Gasteiger partial charge in [-0.25, -0.2) is 4.99 Å². The molecule has 18 nitrogen and oxygen atoms in total. The Morgan fingerprint density at radius 1 is 0.632 bits per heavy atom. The monoisotopic (exact) mass is 766 g/mol. The van der Waals surface area contributed by atoms with E-state index in [1.165, 1.54) is 50.6 Å². The van der Waals surface area contributed by atoms with E-state index in [0.29, 0.717) is 22.6 Å². The van der Waals surface area contributed by atoms with E-state index in [4.69, 9.17) is 14.2 Å². The molecule has 7 rings (SSSR count). The van der Waals surface area contributed by atoms with Gasteiger partial charge in [0.1, 0.15) is 40.1 Å². The lowest BCUT2D eigenvalue weighted by Gasteiger charge is -2.20. The minimum atomic E-state index is -0.617. The molecule has 6 aromatic rings. The van der Waals surface area contributed by atoms with Gasteiger partial charge in [-0.3, -0.25) is 30.4 Å². The zero-order valence-electron chi connectivity index (χ0n) is 30.0. The maximum absolute atomic E-state index is 14.1. The Labute approximate surface area is 323 Å². The summed E-state index contributed by atoms with van der Waals surface area (Å²) in [4.78, 5) is 54.6. The highest BCUT2D eigenvalue weighted by molar-refractivity contribution is 6.20. The maximum atomic E-state index is 14.1. The van der Waals surface area contributed by atoms with Crippen molar-refractivity contribution in [2.75, 3.05) is 30.3 Å². The van der Waals surface area contributed by atoms with Crippen LogP contribution < -0.4 is 30.3 Å². The Hall–Kier alpha value is -8.41. The Morgan fingerprint density at radius 3 is 1.65 bits per heavy atom. The van der Waals surface area contributed by atoms with Crippen LogP contribution >= 0.6 is 0 Å². The fourth-order valence-corrected chi connectivity index (χ4v) is 5.48. The van der Waals surface area contributed by atoms with Crippen LogP contribution in [-0.2, 0) is 4.79 Å². The van der Waals surface area contributed by atoms with E-state index in [1.54, 1.807) is 54.6 Å². The number of aliphatic imine (C=N–C) groups is 1. The summed E-state index contributed by atoms with van der Waals surface area (Å²) in [5, 5.41) is 30.8. The highest BCUT2D eigenvalue weighted by Crippen LogP contribution is 2.34. The van der Waals surface area contributed by atoms with Crippen LogP contribution in [0.4, 0.5) is 40.6 Å². The first-order valence-corrected chi connectivity index (χ1v) is 16.9. The number of ether oxygens (including phenoxy) is 3. The summed E-state index contributed by atoms with van der Waals surface area (Å²) in [5.74, 6) is 0.699. The molecule has 5 aromatic carbocycles. The Kier molecular flexibility index (Phi) is 10.6. The Bertz CT molecular complexity index is 2450. The lowest BCUT2D eigenvalue weighted by molar-refractivity contribution is -0.384. The third-order valence-electron chi connectivity index (χ3n) is 8.20. The van der Waals surface area contributed by atoms with Crippen LogP contribution in [0, 0.1) is 20.2 Å². The molecule has 0 saturated heterocycles. The second-order valence-electron chi connectivity index (χ2n) is 11.9. The number of hydrogen-bond donors (Lipinski definition) is 3. The largest absolute Gasteiger partial charge is 0.496 e. The van der Waals surface area contributed by atoms with Gasteiger partial charge in [-0.15, -0.1) is 0 Å².